The van der Waals surface area contributed by atoms with Crippen LogP contribution >= 0.6 is 0 Å². The zero-order chi connectivity index (χ0) is 18.8. The second-order valence-corrected chi connectivity index (χ2v) is 14.5. The van der Waals surface area contributed by atoms with Crippen LogP contribution in [0.2, 0.25) is 13.1 Å². The SMILES string of the molecule is CC(C)c1ccc(-c2c3ccc4c2C(C(C2CCCCC2)=C4)[Si]3(C)C)cc1. The fourth-order valence-electron chi connectivity index (χ4n) is 6.11. The van der Waals surface area contributed by atoms with Gasteiger partial charge in [0.05, 0.1) is 8.07 Å². The summed E-state index contributed by atoms with van der Waals surface area (Å²) < 4.78 is 0. The molecule has 0 nitrogen and oxygen atoms in total. The van der Waals surface area contributed by atoms with Crippen LogP contribution in [-0.2, 0) is 0 Å². The summed E-state index contributed by atoms with van der Waals surface area (Å²) in [6.45, 7) is 9.81. The molecule has 0 spiro atoms. The van der Waals surface area contributed by atoms with Gasteiger partial charge in [0.25, 0.3) is 0 Å². The molecular formula is C26H32Si. The Labute approximate surface area is 165 Å². The average molecular weight is 373 g/mol. The number of hydrogen-bond donors (Lipinski definition) is 0. The molecule has 1 saturated carbocycles. The van der Waals surface area contributed by atoms with Gasteiger partial charge in [-0.2, -0.15) is 0 Å². The molecule has 1 atom stereocenters. The third kappa shape index (κ3) is 2.54. The number of fused-ring (bicyclic) bond motifs is 1. The summed E-state index contributed by atoms with van der Waals surface area (Å²) in [4.78, 5) is 0. The Bertz CT molecular complexity index is 908. The van der Waals surface area contributed by atoms with Crippen LogP contribution < -0.4 is 5.19 Å². The molecule has 2 aromatic carbocycles. The molecule has 2 bridgehead atoms. The van der Waals surface area contributed by atoms with E-state index in [0.717, 1.165) is 11.5 Å². The molecule has 1 unspecified atom stereocenters. The van der Waals surface area contributed by atoms with E-state index in [1.165, 1.54) is 48.8 Å². The Morgan fingerprint density at radius 2 is 1.59 bits per heavy atom. The summed E-state index contributed by atoms with van der Waals surface area (Å²) in [5.74, 6) is 1.45. The minimum Gasteiger partial charge on any atom is -0.0647 e. The molecule has 27 heavy (non-hydrogen) atoms. The van der Waals surface area contributed by atoms with Gasteiger partial charge >= 0.3 is 0 Å². The van der Waals surface area contributed by atoms with Crippen molar-refractivity contribution in [1.82, 2.24) is 0 Å². The summed E-state index contributed by atoms with van der Waals surface area (Å²) >= 11 is 0. The van der Waals surface area contributed by atoms with E-state index < -0.39 is 8.07 Å². The monoisotopic (exact) mass is 372 g/mol. The van der Waals surface area contributed by atoms with Gasteiger partial charge in [0, 0.05) is 5.54 Å². The van der Waals surface area contributed by atoms with E-state index >= 15 is 0 Å². The maximum atomic E-state index is 2.62. The van der Waals surface area contributed by atoms with Gasteiger partial charge in [-0.1, -0.05) is 99.4 Å². The first-order valence-electron chi connectivity index (χ1n) is 11.0. The molecule has 1 aliphatic heterocycles. The van der Waals surface area contributed by atoms with Crippen LogP contribution in [0.5, 0.6) is 0 Å². The van der Waals surface area contributed by atoms with Crippen LogP contribution in [0.1, 0.15) is 74.1 Å². The largest absolute Gasteiger partial charge is 0.0931 e. The maximum absolute atomic E-state index is 2.62. The van der Waals surface area contributed by atoms with E-state index in [-0.39, 0.29) is 0 Å². The van der Waals surface area contributed by atoms with Crippen molar-refractivity contribution >= 4 is 19.3 Å². The molecule has 0 N–H and O–H groups in total. The van der Waals surface area contributed by atoms with Gasteiger partial charge < -0.3 is 0 Å². The van der Waals surface area contributed by atoms with Crippen LogP contribution in [0.3, 0.4) is 0 Å². The summed E-state index contributed by atoms with van der Waals surface area (Å²) in [5, 5.41) is 1.70. The Hall–Kier alpha value is -1.60. The molecule has 0 aromatic heterocycles. The van der Waals surface area contributed by atoms with Crippen LogP contribution in [0, 0.1) is 5.92 Å². The van der Waals surface area contributed by atoms with Crippen molar-refractivity contribution in [3.8, 4) is 11.1 Å². The third-order valence-corrected chi connectivity index (χ3v) is 11.5. The molecule has 1 fully saturated rings. The Morgan fingerprint density at radius 3 is 2.26 bits per heavy atom. The molecular weight excluding hydrogens is 340 g/mol. The fraction of sp³-hybridized carbons (Fsp3) is 0.462. The van der Waals surface area contributed by atoms with E-state index in [1.54, 1.807) is 16.3 Å². The molecule has 3 aliphatic rings. The highest BCUT2D eigenvalue weighted by Crippen LogP contribution is 2.55. The number of allylic oxidation sites excluding steroid dienone is 1. The van der Waals surface area contributed by atoms with Crippen LogP contribution in [0.15, 0.2) is 42.0 Å². The lowest BCUT2D eigenvalue weighted by molar-refractivity contribution is 0.399. The molecule has 1 heterocycles. The van der Waals surface area contributed by atoms with Gasteiger partial charge in [-0.05, 0) is 52.5 Å². The predicted molar refractivity (Wildman–Crippen MR) is 120 cm³/mol. The van der Waals surface area contributed by atoms with Crippen LogP contribution in [0.4, 0.5) is 0 Å². The molecule has 5 rings (SSSR count). The van der Waals surface area contributed by atoms with Gasteiger partial charge in [0.15, 0.2) is 0 Å². The summed E-state index contributed by atoms with van der Waals surface area (Å²) in [5.41, 5.74) is 10.3. The van der Waals surface area contributed by atoms with Gasteiger partial charge in [-0.3, -0.25) is 0 Å². The summed E-state index contributed by atoms with van der Waals surface area (Å²) in [6, 6.07) is 14.4. The zero-order valence-corrected chi connectivity index (χ0v) is 18.3. The Morgan fingerprint density at radius 1 is 0.889 bits per heavy atom. The quantitative estimate of drug-likeness (QED) is 0.508. The first-order valence-corrected chi connectivity index (χ1v) is 14.1. The highest BCUT2D eigenvalue weighted by Gasteiger charge is 2.50. The van der Waals surface area contributed by atoms with E-state index in [2.05, 4.69) is 69.4 Å². The average Bonchev–Trinajstić information content (AvgIpc) is 3.14. The smallest absolute Gasteiger partial charge is 0.0647 e. The van der Waals surface area contributed by atoms with E-state index in [4.69, 9.17) is 0 Å². The lowest BCUT2D eigenvalue weighted by Crippen LogP contribution is -2.44. The van der Waals surface area contributed by atoms with Crippen molar-refractivity contribution in [2.24, 2.45) is 5.92 Å². The fourth-order valence-corrected chi connectivity index (χ4v) is 10.0. The van der Waals surface area contributed by atoms with Crippen LogP contribution in [-0.4, -0.2) is 8.07 Å². The number of benzene rings is 2. The van der Waals surface area contributed by atoms with E-state index in [9.17, 15) is 0 Å². The Kier molecular flexibility index (Phi) is 4.02. The van der Waals surface area contributed by atoms with Crippen molar-refractivity contribution in [3.05, 3.63) is 58.7 Å². The lowest BCUT2D eigenvalue weighted by Gasteiger charge is -2.33. The van der Waals surface area contributed by atoms with Crippen molar-refractivity contribution in [2.75, 3.05) is 0 Å². The highest BCUT2D eigenvalue weighted by molar-refractivity contribution is 6.94. The number of hydrogen-bond acceptors (Lipinski definition) is 0. The zero-order valence-electron chi connectivity index (χ0n) is 17.3. The first kappa shape index (κ1) is 17.5. The molecule has 0 radical (unpaired) electrons. The van der Waals surface area contributed by atoms with Gasteiger partial charge in [0.1, 0.15) is 0 Å². The van der Waals surface area contributed by atoms with Crippen molar-refractivity contribution in [3.63, 3.8) is 0 Å². The maximum Gasteiger partial charge on any atom is 0.0931 e. The number of rotatable bonds is 3. The molecule has 2 aliphatic carbocycles. The highest BCUT2D eigenvalue weighted by atomic mass is 28.3. The molecule has 1 heteroatoms. The topological polar surface area (TPSA) is 0 Å². The van der Waals surface area contributed by atoms with Gasteiger partial charge in [-0.25, -0.2) is 0 Å². The van der Waals surface area contributed by atoms with E-state index in [1.807, 2.05) is 5.57 Å². The summed E-state index contributed by atoms with van der Waals surface area (Å²) in [6.07, 6.45) is 9.76. The van der Waals surface area contributed by atoms with Crippen molar-refractivity contribution < 1.29 is 0 Å². The van der Waals surface area contributed by atoms with Crippen molar-refractivity contribution in [1.29, 1.82) is 0 Å². The molecule has 0 saturated heterocycles. The second kappa shape index (κ2) is 6.20. The molecule has 2 aromatic rings. The summed E-state index contributed by atoms with van der Waals surface area (Å²) in [7, 11) is -1.52. The third-order valence-electron chi connectivity index (χ3n) is 7.58. The minimum absolute atomic E-state index is 0.600. The van der Waals surface area contributed by atoms with Gasteiger partial charge in [-0.15, -0.1) is 0 Å². The molecule has 0 amide bonds. The van der Waals surface area contributed by atoms with Gasteiger partial charge in [0.2, 0.25) is 0 Å². The minimum atomic E-state index is -1.52. The van der Waals surface area contributed by atoms with E-state index in [0.29, 0.717) is 5.92 Å². The predicted octanol–water partition coefficient (Wildman–Crippen LogP) is 7.01. The second-order valence-electron chi connectivity index (χ2n) is 9.90. The van der Waals surface area contributed by atoms with Crippen LogP contribution in [0.25, 0.3) is 17.2 Å². The normalized spacial score (nSPS) is 23.1. The van der Waals surface area contributed by atoms with Crippen molar-refractivity contribution in [2.45, 2.75) is 70.5 Å². The standard InChI is InChI=1S/C26H32Si/c1-17(2)18-10-12-20(13-11-18)24-23-15-14-21-16-22(19-8-6-5-7-9-19)26(25(21)24)27(23,3)4/h10-17,19,26H,5-9H2,1-4H3. The molecule has 140 valence electrons. The Balaban J connectivity index is 1.62. The lowest BCUT2D eigenvalue weighted by atomic mass is 9.82. The first-order chi connectivity index (χ1) is 13.0.